The van der Waals surface area contributed by atoms with Gasteiger partial charge in [0.05, 0.1) is 0 Å². The van der Waals surface area contributed by atoms with Crippen molar-refractivity contribution >= 4 is 0 Å². The van der Waals surface area contributed by atoms with Crippen molar-refractivity contribution in [3.8, 4) is 0 Å². The standard InChI is InChI=1S/C15H22/c1-11-7-4-5-9-14(11)13(3)15-10-6-8-12(15)2/h4-5,7,9,12-13,15H,6,8,10H2,1-3H3/t12-,13-,15?/m0/s1. The van der Waals surface area contributed by atoms with Crippen molar-refractivity contribution in [3.63, 3.8) is 0 Å². The lowest BCUT2D eigenvalue weighted by molar-refractivity contribution is 0.361. The summed E-state index contributed by atoms with van der Waals surface area (Å²) in [5, 5.41) is 0. The molecule has 0 heterocycles. The van der Waals surface area contributed by atoms with Gasteiger partial charge < -0.3 is 0 Å². The molecule has 0 N–H and O–H groups in total. The van der Waals surface area contributed by atoms with E-state index in [1.165, 1.54) is 24.8 Å². The molecule has 1 fully saturated rings. The Morgan fingerprint density at radius 3 is 2.53 bits per heavy atom. The monoisotopic (exact) mass is 202 g/mol. The molecule has 15 heavy (non-hydrogen) atoms. The first-order chi connectivity index (χ1) is 7.20. The van der Waals surface area contributed by atoms with Crippen LogP contribution in [0.2, 0.25) is 0 Å². The Bertz CT molecular complexity index is 327. The van der Waals surface area contributed by atoms with Crippen LogP contribution in [0.3, 0.4) is 0 Å². The molecular weight excluding hydrogens is 180 g/mol. The van der Waals surface area contributed by atoms with E-state index in [-0.39, 0.29) is 0 Å². The summed E-state index contributed by atoms with van der Waals surface area (Å²) in [5.41, 5.74) is 3.03. The fourth-order valence-corrected chi connectivity index (χ4v) is 3.25. The minimum Gasteiger partial charge on any atom is -0.0622 e. The van der Waals surface area contributed by atoms with E-state index in [1.807, 2.05) is 0 Å². The number of rotatable bonds is 2. The highest BCUT2D eigenvalue weighted by Crippen LogP contribution is 2.41. The zero-order valence-electron chi connectivity index (χ0n) is 10.2. The average molecular weight is 202 g/mol. The molecule has 0 aliphatic heterocycles. The van der Waals surface area contributed by atoms with E-state index in [0.29, 0.717) is 0 Å². The fraction of sp³-hybridized carbons (Fsp3) is 0.600. The summed E-state index contributed by atoms with van der Waals surface area (Å²) in [7, 11) is 0. The van der Waals surface area contributed by atoms with Crippen LogP contribution < -0.4 is 0 Å². The number of hydrogen-bond acceptors (Lipinski definition) is 0. The number of hydrogen-bond donors (Lipinski definition) is 0. The maximum absolute atomic E-state index is 2.42. The predicted molar refractivity (Wildman–Crippen MR) is 66.1 cm³/mol. The largest absolute Gasteiger partial charge is 0.0622 e. The van der Waals surface area contributed by atoms with E-state index in [0.717, 1.165) is 17.8 Å². The van der Waals surface area contributed by atoms with Gasteiger partial charge in [0, 0.05) is 0 Å². The Hall–Kier alpha value is -0.780. The van der Waals surface area contributed by atoms with Crippen LogP contribution in [0.25, 0.3) is 0 Å². The second kappa shape index (κ2) is 4.38. The lowest BCUT2D eigenvalue weighted by Crippen LogP contribution is -2.13. The maximum atomic E-state index is 2.42. The Morgan fingerprint density at radius 2 is 1.93 bits per heavy atom. The zero-order chi connectivity index (χ0) is 10.8. The van der Waals surface area contributed by atoms with Gasteiger partial charge >= 0.3 is 0 Å². The van der Waals surface area contributed by atoms with E-state index < -0.39 is 0 Å². The Morgan fingerprint density at radius 1 is 1.20 bits per heavy atom. The topological polar surface area (TPSA) is 0 Å². The van der Waals surface area contributed by atoms with Gasteiger partial charge in [-0.15, -0.1) is 0 Å². The second-order valence-corrected chi connectivity index (χ2v) is 5.22. The van der Waals surface area contributed by atoms with Gasteiger partial charge in [0.15, 0.2) is 0 Å². The van der Waals surface area contributed by atoms with Crippen molar-refractivity contribution in [3.05, 3.63) is 35.4 Å². The molecule has 0 bridgehead atoms. The molecule has 0 saturated heterocycles. The molecule has 1 aliphatic carbocycles. The van der Waals surface area contributed by atoms with Gasteiger partial charge in [-0.2, -0.15) is 0 Å². The number of benzene rings is 1. The molecular formula is C15H22. The van der Waals surface area contributed by atoms with Crippen molar-refractivity contribution in [2.75, 3.05) is 0 Å². The van der Waals surface area contributed by atoms with Crippen molar-refractivity contribution in [1.82, 2.24) is 0 Å². The van der Waals surface area contributed by atoms with Gasteiger partial charge in [-0.05, 0) is 42.2 Å². The van der Waals surface area contributed by atoms with E-state index in [2.05, 4.69) is 45.0 Å². The molecule has 82 valence electrons. The van der Waals surface area contributed by atoms with Crippen LogP contribution in [0.5, 0.6) is 0 Å². The summed E-state index contributed by atoms with van der Waals surface area (Å²) < 4.78 is 0. The third-order valence-corrected chi connectivity index (χ3v) is 4.25. The molecule has 0 spiro atoms. The van der Waals surface area contributed by atoms with Gasteiger partial charge in [0.1, 0.15) is 0 Å². The van der Waals surface area contributed by atoms with Crippen LogP contribution in [0.1, 0.15) is 50.2 Å². The normalized spacial score (nSPS) is 27.9. The summed E-state index contributed by atoms with van der Waals surface area (Å²) in [5.74, 6) is 2.56. The molecule has 0 aromatic heterocycles. The molecule has 0 amide bonds. The molecule has 3 atom stereocenters. The van der Waals surface area contributed by atoms with Gasteiger partial charge in [-0.1, -0.05) is 51.0 Å². The molecule has 1 aliphatic rings. The average Bonchev–Trinajstić information content (AvgIpc) is 2.64. The third kappa shape index (κ3) is 2.09. The van der Waals surface area contributed by atoms with Gasteiger partial charge in [-0.3, -0.25) is 0 Å². The van der Waals surface area contributed by atoms with Crippen LogP contribution in [-0.4, -0.2) is 0 Å². The van der Waals surface area contributed by atoms with Crippen LogP contribution in [0.4, 0.5) is 0 Å². The predicted octanol–water partition coefficient (Wildman–Crippen LogP) is 4.53. The Balaban J connectivity index is 2.20. The Kier molecular flexibility index (Phi) is 3.14. The van der Waals surface area contributed by atoms with Crippen LogP contribution >= 0.6 is 0 Å². The highest BCUT2D eigenvalue weighted by molar-refractivity contribution is 5.29. The first-order valence-electron chi connectivity index (χ1n) is 6.25. The van der Waals surface area contributed by atoms with E-state index in [4.69, 9.17) is 0 Å². The quantitative estimate of drug-likeness (QED) is 0.660. The third-order valence-electron chi connectivity index (χ3n) is 4.25. The molecule has 0 heteroatoms. The summed E-state index contributed by atoms with van der Waals surface area (Å²) >= 11 is 0. The molecule has 1 aromatic carbocycles. The molecule has 2 rings (SSSR count). The zero-order valence-corrected chi connectivity index (χ0v) is 10.2. The van der Waals surface area contributed by atoms with E-state index in [9.17, 15) is 0 Å². The maximum Gasteiger partial charge on any atom is -0.0157 e. The molecule has 1 aromatic rings. The van der Waals surface area contributed by atoms with Crippen LogP contribution in [-0.2, 0) is 0 Å². The van der Waals surface area contributed by atoms with Crippen molar-refractivity contribution in [2.24, 2.45) is 11.8 Å². The summed E-state index contributed by atoms with van der Waals surface area (Å²) in [6.07, 6.45) is 4.29. The molecule has 1 unspecified atom stereocenters. The second-order valence-electron chi connectivity index (χ2n) is 5.22. The van der Waals surface area contributed by atoms with Crippen LogP contribution in [0.15, 0.2) is 24.3 Å². The minimum absolute atomic E-state index is 0.740. The fourth-order valence-electron chi connectivity index (χ4n) is 3.25. The van der Waals surface area contributed by atoms with Crippen LogP contribution in [0, 0.1) is 18.8 Å². The highest BCUT2D eigenvalue weighted by Gasteiger charge is 2.29. The lowest BCUT2D eigenvalue weighted by Gasteiger charge is -2.25. The van der Waals surface area contributed by atoms with Gasteiger partial charge in [-0.25, -0.2) is 0 Å². The van der Waals surface area contributed by atoms with E-state index >= 15 is 0 Å². The highest BCUT2D eigenvalue weighted by atomic mass is 14.3. The first-order valence-corrected chi connectivity index (χ1v) is 6.25. The summed E-state index contributed by atoms with van der Waals surface area (Å²) in [4.78, 5) is 0. The summed E-state index contributed by atoms with van der Waals surface area (Å²) in [6.45, 7) is 7.08. The number of aryl methyl sites for hydroxylation is 1. The minimum atomic E-state index is 0.740. The first kappa shape index (κ1) is 10.7. The molecule has 1 saturated carbocycles. The van der Waals surface area contributed by atoms with E-state index in [1.54, 1.807) is 5.56 Å². The smallest absolute Gasteiger partial charge is 0.0157 e. The van der Waals surface area contributed by atoms with Gasteiger partial charge in [0.2, 0.25) is 0 Å². The van der Waals surface area contributed by atoms with Crippen molar-refractivity contribution in [1.29, 1.82) is 0 Å². The molecule has 0 radical (unpaired) electrons. The van der Waals surface area contributed by atoms with Crippen molar-refractivity contribution < 1.29 is 0 Å². The lowest BCUT2D eigenvalue weighted by atomic mass is 9.80. The molecule has 0 nitrogen and oxygen atoms in total. The van der Waals surface area contributed by atoms with Crippen molar-refractivity contribution in [2.45, 2.75) is 46.0 Å². The Labute approximate surface area is 93.7 Å². The van der Waals surface area contributed by atoms with Gasteiger partial charge in [0.25, 0.3) is 0 Å². The SMILES string of the molecule is Cc1ccccc1[C@H](C)C1CCC[C@@H]1C. The summed E-state index contributed by atoms with van der Waals surface area (Å²) in [6, 6.07) is 8.87.